The molecule has 0 aliphatic carbocycles. The summed E-state index contributed by atoms with van der Waals surface area (Å²) in [6.07, 6.45) is 1.22. The van der Waals surface area contributed by atoms with Crippen LogP contribution in [0.5, 0.6) is 0 Å². The molecular weight excluding hydrogens is 544 g/mol. The van der Waals surface area contributed by atoms with Crippen molar-refractivity contribution in [1.29, 1.82) is 0 Å². The van der Waals surface area contributed by atoms with Crippen molar-refractivity contribution in [3.8, 4) is 5.69 Å². The van der Waals surface area contributed by atoms with E-state index in [9.17, 15) is 17.2 Å². The standard InChI is InChI=1S/C10H9Br3N4O4S2/c1-16(22(18)19)7-3-2-4-8(5-7)17-6-14-15-9(17)23(20,21)10(11,12)13/h2-6H,1H3,(H,18,19)/p-1. The van der Waals surface area contributed by atoms with E-state index < -0.39 is 22.6 Å². The first-order valence-electron chi connectivity index (χ1n) is 5.70. The maximum absolute atomic E-state index is 12.5. The summed E-state index contributed by atoms with van der Waals surface area (Å²) in [6.45, 7) is 0. The van der Waals surface area contributed by atoms with E-state index in [0.717, 1.165) is 4.31 Å². The number of aromatic nitrogens is 3. The van der Waals surface area contributed by atoms with Gasteiger partial charge in [-0.1, -0.05) is 6.07 Å². The second-order valence-electron chi connectivity index (χ2n) is 4.17. The van der Waals surface area contributed by atoms with E-state index in [1.165, 1.54) is 24.0 Å². The van der Waals surface area contributed by atoms with Crippen LogP contribution in [0.15, 0.2) is 35.7 Å². The van der Waals surface area contributed by atoms with Gasteiger partial charge in [-0.2, -0.15) is 0 Å². The van der Waals surface area contributed by atoms with Crippen LogP contribution < -0.4 is 4.31 Å². The third kappa shape index (κ3) is 3.85. The minimum absolute atomic E-state index is 0.328. The minimum atomic E-state index is -3.96. The molecule has 0 amide bonds. The average Bonchev–Trinajstić information content (AvgIpc) is 2.95. The number of anilines is 1. The van der Waals surface area contributed by atoms with Gasteiger partial charge < -0.3 is 8.86 Å². The Kier molecular flexibility index (Phi) is 5.68. The molecule has 0 saturated heterocycles. The van der Waals surface area contributed by atoms with Gasteiger partial charge in [-0.15, -0.1) is 10.2 Å². The summed E-state index contributed by atoms with van der Waals surface area (Å²) < 4.78 is 47.6. The first kappa shape index (κ1) is 19.0. The number of nitrogens with zero attached hydrogens (tertiary/aromatic N) is 4. The Labute approximate surface area is 160 Å². The van der Waals surface area contributed by atoms with E-state index >= 15 is 0 Å². The van der Waals surface area contributed by atoms with E-state index in [1.807, 2.05) is 0 Å². The number of benzene rings is 1. The Morgan fingerprint density at radius 2 is 2.00 bits per heavy atom. The van der Waals surface area contributed by atoms with Crippen LogP contribution in [-0.2, 0) is 21.1 Å². The number of halogens is 3. The molecule has 1 aromatic heterocycles. The van der Waals surface area contributed by atoms with Crippen LogP contribution in [0.1, 0.15) is 0 Å². The molecule has 0 fully saturated rings. The molecule has 126 valence electrons. The minimum Gasteiger partial charge on any atom is -0.755 e. The van der Waals surface area contributed by atoms with Gasteiger partial charge in [0.2, 0.25) is 11.3 Å². The monoisotopic (exact) mass is 549 g/mol. The molecule has 0 N–H and O–H groups in total. The first-order valence-corrected chi connectivity index (χ1v) is 10.6. The summed E-state index contributed by atoms with van der Waals surface area (Å²) in [5, 5.41) is 6.94. The lowest BCUT2D eigenvalue weighted by Crippen LogP contribution is -2.22. The van der Waals surface area contributed by atoms with Crippen molar-refractivity contribution < 1.29 is 17.2 Å². The Bertz CT molecular complexity index is 850. The zero-order chi connectivity index (χ0) is 17.4. The van der Waals surface area contributed by atoms with Crippen LogP contribution >= 0.6 is 47.8 Å². The smallest absolute Gasteiger partial charge is 0.257 e. The predicted molar refractivity (Wildman–Crippen MR) is 95.4 cm³/mol. The summed E-state index contributed by atoms with van der Waals surface area (Å²) in [4.78, 5) is 0. The molecule has 0 saturated carbocycles. The fourth-order valence-electron chi connectivity index (χ4n) is 1.61. The Hall–Kier alpha value is -0.340. The Balaban J connectivity index is 2.57. The Morgan fingerprint density at radius 3 is 2.57 bits per heavy atom. The Morgan fingerprint density at radius 1 is 1.35 bits per heavy atom. The molecule has 0 radical (unpaired) electrons. The molecule has 1 heterocycles. The van der Waals surface area contributed by atoms with Gasteiger partial charge in [-0.05, 0) is 66.0 Å². The molecule has 1 atom stereocenters. The molecule has 0 aliphatic heterocycles. The number of hydrogen-bond acceptors (Lipinski definition) is 6. The van der Waals surface area contributed by atoms with Gasteiger partial charge in [0, 0.05) is 24.0 Å². The highest BCUT2D eigenvalue weighted by atomic mass is 80.0. The van der Waals surface area contributed by atoms with Crippen LogP contribution in [0, 0.1) is 0 Å². The van der Waals surface area contributed by atoms with Crippen molar-refractivity contribution in [2.75, 3.05) is 11.4 Å². The molecule has 8 nitrogen and oxygen atoms in total. The van der Waals surface area contributed by atoms with Gasteiger partial charge in [0.25, 0.3) is 5.16 Å². The molecule has 1 unspecified atom stereocenters. The fraction of sp³-hybridized carbons (Fsp3) is 0.200. The summed E-state index contributed by atoms with van der Waals surface area (Å²) in [5.74, 6) is 0. The van der Waals surface area contributed by atoms with Crippen molar-refractivity contribution in [3.05, 3.63) is 30.6 Å². The van der Waals surface area contributed by atoms with Crippen molar-refractivity contribution in [2.24, 2.45) is 0 Å². The van der Waals surface area contributed by atoms with Gasteiger partial charge in [0.1, 0.15) is 6.33 Å². The lowest BCUT2D eigenvalue weighted by atomic mass is 10.3. The molecule has 1 aromatic carbocycles. The van der Waals surface area contributed by atoms with Crippen LogP contribution in [0.25, 0.3) is 5.69 Å². The van der Waals surface area contributed by atoms with Gasteiger partial charge in [0.15, 0.2) is 0 Å². The van der Waals surface area contributed by atoms with Crippen molar-refractivity contribution in [1.82, 2.24) is 14.8 Å². The van der Waals surface area contributed by atoms with Crippen molar-refractivity contribution in [3.63, 3.8) is 0 Å². The molecule has 2 aromatic rings. The molecule has 13 heteroatoms. The summed E-state index contributed by atoms with van der Waals surface area (Å²) in [6, 6.07) is 6.26. The second-order valence-corrected chi connectivity index (χ2v) is 15.5. The third-order valence-electron chi connectivity index (χ3n) is 2.76. The lowest BCUT2D eigenvalue weighted by Gasteiger charge is -2.22. The predicted octanol–water partition coefficient (Wildman–Crippen LogP) is 2.07. The number of alkyl halides is 3. The first-order chi connectivity index (χ1) is 10.6. The van der Waals surface area contributed by atoms with E-state index in [1.54, 1.807) is 18.2 Å². The van der Waals surface area contributed by atoms with Gasteiger partial charge in [-0.25, -0.2) is 8.42 Å². The van der Waals surface area contributed by atoms with Crippen molar-refractivity contribution in [2.45, 2.75) is 6.63 Å². The molecule has 0 aliphatic rings. The SMILES string of the molecule is CN(c1cccc(-n2cnnc2S(=O)(=O)C(Br)(Br)Br)c1)S(=O)[O-]. The van der Waals surface area contributed by atoms with E-state index in [0.29, 0.717) is 11.4 Å². The number of hydrogen-bond donors (Lipinski definition) is 0. The van der Waals surface area contributed by atoms with Crippen LogP contribution in [0.2, 0.25) is 0 Å². The van der Waals surface area contributed by atoms with Gasteiger partial charge >= 0.3 is 0 Å². The van der Waals surface area contributed by atoms with Gasteiger partial charge in [-0.3, -0.25) is 8.78 Å². The summed E-state index contributed by atoms with van der Waals surface area (Å²) in [5.41, 5.74) is 0.746. The zero-order valence-electron chi connectivity index (χ0n) is 11.3. The third-order valence-corrected chi connectivity index (χ3v) is 8.62. The highest BCUT2D eigenvalue weighted by Gasteiger charge is 2.41. The lowest BCUT2D eigenvalue weighted by molar-refractivity contribution is 0.535. The molecule has 2 rings (SSSR count). The van der Waals surface area contributed by atoms with Crippen LogP contribution in [0.3, 0.4) is 0 Å². The van der Waals surface area contributed by atoms with Crippen LogP contribution in [0.4, 0.5) is 5.69 Å². The second kappa shape index (κ2) is 6.88. The van der Waals surface area contributed by atoms with E-state index in [2.05, 4.69) is 58.0 Å². The molecule has 0 bridgehead atoms. The molecule has 23 heavy (non-hydrogen) atoms. The largest absolute Gasteiger partial charge is 0.755 e. The quantitative estimate of drug-likeness (QED) is 0.425. The summed E-state index contributed by atoms with van der Waals surface area (Å²) >= 11 is 6.43. The maximum atomic E-state index is 12.5. The zero-order valence-corrected chi connectivity index (χ0v) is 17.6. The number of rotatable bonds is 4. The summed E-state index contributed by atoms with van der Waals surface area (Å²) in [7, 11) is -2.59. The van der Waals surface area contributed by atoms with Crippen molar-refractivity contribution >= 4 is 74.6 Å². The number of sulfone groups is 1. The van der Waals surface area contributed by atoms with Crippen LogP contribution in [-0.4, -0.2) is 40.5 Å². The topological polar surface area (TPSA) is 108 Å². The normalized spacial score (nSPS) is 13.8. The average molecular weight is 552 g/mol. The fourth-order valence-corrected chi connectivity index (χ4v) is 3.97. The molecule has 0 spiro atoms. The maximum Gasteiger partial charge on any atom is 0.257 e. The van der Waals surface area contributed by atoms with Gasteiger partial charge in [0.05, 0.1) is 5.69 Å². The molecular formula is C10H8Br3N4O4S2-. The highest BCUT2D eigenvalue weighted by molar-refractivity contribution is 9.42. The van der Waals surface area contributed by atoms with E-state index in [-0.39, 0.29) is 5.16 Å². The highest BCUT2D eigenvalue weighted by Crippen LogP contribution is 2.42. The van der Waals surface area contributed by atoms with E-state index in [4.69, 9.17) is 0 Å².